The van der Waals surface area contributed by atoms with Crippen LogP contribution in [0.15, 0.2) is 42.5 Å². The lowest BCUT2D eigenvalue weighted by molar-refractivity contribution is 0.536. The Balaban J connectivity index is 1.56. The van der Waals surface area contributed by atoms with Crippen LogP contribution >= 0.6 is 23.2 Å². The van der Waals surface area contributed by atoms with Gasteiger partial charge in [-0.3, -0.25) is 0 Å². The highest BCUT2D eigenvalue weighted by Crippen LogP contribution is 2.34. The van der Waals surface area contributed by atoms with E-state index in [4.69, 9.17) is 23.2 Å². The summed E-state index contributed by atoms with van der Waals surface area (Å²) in [7, 11) is 0. The van der Waals surface area contributed by atoms with E-state index in [0.29, 0.717) is 5.92 Å². The minimum atomic E-state index is 0.633. The molecule has 0 radical (unpaired) electrons. The standard InChI is InChI=1S/C16H15Cl2N/c17-14-5-6-16(18)13(8-14)10-19-9-12-7-11-3-1-2-4-15(11)12/h1-6,8,12,19H,7,9-10H2. The van der Waals surface area contributed by atoms with Gasteiger partial charge in [0.1, 0.15) is 0 Å². The lowest BCUT2D eigenvalue weighted by atomic mass is 9.77. The lowest BCUT2D eigenvalue weighted by Crippen LogP contribution is -2.28. The van der Waals surface area contributed by atoms with Crippen LogP contribution in [0.4, 0.5) is 0 Å². The third kappa shape index (κ3) is 2.79. The molecular formula is C16H15Cl2N. The monoisotopic (exact) mass is 291 g/mol. The second-order valence-corrected chi connectivity index (χ2v) is 5.81. The fourth-order valence-corrected chi connectivity index (χ4v) is 2.98. The highest BCUT2D eigenvalue weighted by Gasteiger charge is 2.24. The second kappa shape index (κ2) is 5.54. The summed E-state index contributed by atoms with van der Waals surface area (Å²) < 4.78 is 0. The van der Waals surface area contributed by atoms with Crippen molar-refractivity contribution in [2.75, 3.05) is 6.54 Å². The van der Waals surface area contributed by atoms with Gasteiger partial charge in [-0.15, -0.1) is 0 Å². The van der Waals surface area contributed by atoms with Crippen LogP contribution in [0.3, 0.4) is 0 Å². The van der Waals surface area contributed by atoms with Gasteiger partial charge in [0, 0.05) is 29.1 Å². The molecule has 1 N–H and O–H groups in total. The maximum absolute atomic E-state index is 6.14. The first-order valence-corrected chi connectivity index (χ1v) is 7.22. The average Bonchev–Trinajstić information content (AvgIpc) is 2.39. The summed E-state index contributed by atoms with van der Waals surface area (Å²) >= 11 is 12.1. The number of hydrogen-bond acceptors (Lipinski definition) is 1. The van der Waals surface area contributed by atoms with Gasteiger partial charge < -0.3 is 5.32 Å². The molecule has 0 heterocycles. The predicted molar refractivity (Wildman–Crippen MR) is 81.1 cm³/mol. The van der Waals surface area contributed by atoms with E-state index in [2.05, 4.69) is 29.6 Å². The van der Waals surface area contributed by atoms with Crippen LogP contribution < -0.4 is 5.32 Å². The molecule has 0 amide bonds. The van der Waals surface area contributed by atoms with Crippen molar-refractivity contribution in [1.82, 2.24) is 5.32 Å². The molecule has 0 aliphatic heterocycles. The van der Waals surface area contributed by atoms with Gasteiger partial charge in [0.25, 0.3) is 0 Å². The van der Waals surface area contributed by atoms with Gasteiger partial charge in [-0.1, -0.05) is 47.5 Å². The van der Waals surface area contributed by atoms with E-state index in [9.17, 15) is 0 Å². The summed E-state index contributed by atoms with van der Waals surface area (Å²) in [6, 6.07) is 14.2. The van der Waals surface area contributed by atoms with Crippen LogP contribution in [-0.2, 0) is 13.0 Å². The fourth-order valence-electron chi connectivity index (χ4n) is 2.60. The molecule has 0 fully saturated rings. The van der Waals surface area contributed by atoms with Gasteiger partial charge in [0.15, 0.2) is 0 Å². The molecule has 1 unspecified atom stereocenters. The summed E-state index contributed by atoms with van der Waals surface area (Å²) in [6.07, 6.45) is 1.17. The summed E-state index contributed by atoms with van der Waals surface area (Å²) in [6.45, 7) is 1.75. The molecule has 0 bridgehead atoms. The molecule has 0 saturated carbocycles. The van der Waals surface area contributed by atoms with Gasteiger partial charge in [-0.05, 0) is 41.3 Å². The maximum atomic E-state index is 6.14. The first-order valence-electron chi connectivity index (χ1n) is 6.46. The van der Waals surface area contributed by atoms with E-state index in [-0.39, 0.29) is 0 Å². The summed E-state index contributed by atoms with van der Waals surface area (Å²) in [4.78, 5) is 0. The molecule has 1 atom stereocenters. The second-order valence-electron chi connectivity index (χ2n) is 4.97. The van der Waals surface area contributed by atoms with Gasteiger partial charge in [-0.2, -0.15) is 0 Å². The molecule has 19 heavy (non-hydrogen) atoms. The highest BCUT2D eigenvalue weighted by atomic mass is 35.5. The van der Waals surface area contributed by atoms with Crippen LogP contribution in [0.25, 0.3) is 0 Å². The number of hydrogen-bond donors (Lipinski definition) is 1. The molecule has 2 aromatic rings. The van der Waals surface area contributed by atoms with Crippen LogP contribution in [0.2, 0.25) is 10.0 Å². The van der Waals surface area contributed by atoms with E-state index in [1.165, 1.54) is 17.5 Å². The zero-order chi connectivity index (χ0) is 13.2. The third-order valence-corrected chi connectivity index (χ3v) is 4.28. The molecular weight excluding hydrogens is 277 g/mol. The molecule has 0 spiro atoms. The minimum Gasteiger partial charge on any atom is -0.312 e. The summed E-state index contributed by atoms with van der Waals surface area (Å²) in [5, 5.41) is 4.97. The van der Waals surface area contributed by atoms with Crippen molar-refractivity contribution in [3.8, 4) is 0 Å². The smallest absolute Gasteiger partial charge is 0.0451 e. The van der Waals surface area contributed by atoms with E-state index >= 15 is 0 Å². The van der Waals surface area contributed by atoms with Crippen molar-refractivity contribution in [3.63, 3.8) is 0 Å². The van der Waals surface area contributed by atoms with Crippen molar-refractivity contribution >= 4 is 23.2 Å². The molecule has 98 valence electrons. The SMILES string of the molecule is Clc1ccc(Cl)c(CNCC2Cc3ccccc32)c1. The number of nitrogens with one attached hydrogen (secondary N) is 1. The van der Waals surface area contributed by atoms with E-state index in [1.807, 2.05) is 18.2 Å². The Kier molecular flexibility index (Phi) is 3.79. The summed E-state index contributed by atoms with van der Waals surface area (Å²) in [5.41, 5.74) is 4.02. The van der Waals surface area contributed by atoms with Crippen LogP contribution in [0.5, 0.6) is 0 Å². The molecule has 3 heteroatoms. The zero-order valence-corrected chi connectivity index (χ0v) is 12.0. The molecule has 2 aromatic carbocycles. The largest absolute Gasteiger partial charge is 0.312 e. The zero-order valence-electron chi connectivity index (χ0n) is 10.5. The van der Waals surface area contributed by atoms with Crippen molar-refractivity contribution in [3.05, 3.63) is 69.2 Å². The minimum absolute atomic E-state index is 0.633. The first kappa shape index (κ1) is 13.0. The van der Waals surface area contributed by atoms with Crippen LogP contribution in [-0.4, -0.2) is 6.54 Å². The molecule has 1 aliphatic carbocycles. The average molecular weight is 292 g/mol. The van der Waals surface area contributed by atoms with Crippen molar-refractivity contribution in [1.29, 1.82) is 0 Å². The number of halogens is 2. The fraction of sp³-hybridized carbons (Fsp3) is 0.250. The van der Waals surface area contributed by atoms with Crippen molar-refractivity contribution < 1.29 is 0 Å². The Labute approximate surface area is 123 Å². The van der Waals surface area contributed by atoms with E-state index < -0.39 is 0 Å². The predicted octanol–water partition coefficient (Wildman–Crippen LogP) is 4.42. The maximum Gasteiger partial charge on any atom is 0.0451 e. The van der Waals surface area contributed by atoms with Gasteiger partial charge in [0.05, 0.1) is 0 Å². The topological polar surface area (TPSA) is 12.0 Å². The Morgan fingerprint density at radius 1 is 1.11 bits per heavy atom. The number of fused-ring (bicyclic) bond motifs is 1. The Hall–Kier alpha value is -1.02. The molecule has 1 aliphatic rings. The van der Waals surface area contributed by atoms with Crippen LogP contribution in [0, 0.1) is 0 Å². The lowest BCUT2D eigenvalue weighted by Gasteiger charge is -2.30. The number of rotatable bonds is 4. The van der Waals surface area contributed by atoms with Gasteiger partial charge in [-0.25, -0.2) is 0 Å². The van der Waals surface area contributed by atoms with E-state index in [0.717, 1.165) is 28.7 Å². The molecule has 0 saturated heterocycles. The Morgan fingerprint density at radius 3 is 2.79 bits per heavy atom. The van der Waals surface area contributed by atoms with Crippen molar-refractivity contribution in [2.45, 2.75) is 18.9 Å². The van der Waals surface area contributed by atoms with Crippen LogP contribution in [0.1, 0.15) is 22.6 Å². The molecule has 3 rings (SSSR count). The first-order chi connectivity index (χ1) is 9.24. The third-order valence-electron chi connectivity index (χ3n) is 3.68. The number of benzene rings is 2. The summed E-state index contributed by atoms with van der Waals surface area (Å²) in [5.74, 6) is 0.633. The highest BCUT2D eigenvalue weighted by molar-refractivity contribution is 6.33. The van der Waals surface area contributed by atoms with Gasteiger partial charge >= 0.3 is 0 Å². The molecule has 1 nitrogen and oxygen atoms in total. The molecule has 0 aromatic heterocycles. The normalized spacial score (nSPS) is 16.8. The van der Waals surface area contributed by atoms with Crippen molar-refractivity contribution in [2.24, 2.45) is 0 Å². The Morgan fingerprint density at radius 2 is 1.95 bits per heavy atom. The quantitative estimate of drug-likeness (QED) is 0.879. The van der Waals surface area contributed by atoms with E-state index in [1.54, 1.807) is 0 Å². The van der Waals surface area contributed by atoms with Gasteiger partial charge in [0.2, 0.25) is 0 Å². The Bertz CT molecular complexity index is 595.